The molecule has 12 rings (SSSR count). The van der Waals surface area contributed by atoms with E-state index in [0.29, 0.717) is 13.1 Å². The van der Waals surface area contributed by atoms with Gasteiger partial charge in [0.05, 0.1) is 33.4 Å². The minimum absolute atomic E-state index is 0.286. The summed E-state index contributed by atoms with van der Waals surface area (Å²) in [4.78, 5) is 4.58. The number of hydrogen-bond acceptors (Lipinski definition) is 4. The van der Waals surface area contributed by atoms with Crippen molar-refractivity contribution in [1.82, 2.24) is 18.9 Å². The Hall–Kier alpha value is -8.68. The summed E-state index contributed by atoms with van der Waals surface area (Å²) in [5.41, 5.74) is 34.7. The molecule has 2 aromatic heterocycles. The van der Waals surface area contributed by atoms with Gasteiger partial charge >= 0.3 is 0 Å². The molecule has 0 aliphatic heterocycles. The van der Waals surface area contributed by atoms with E-state index in [2.05, 4.69) is 276 Å². The number of aryl methyl sites for hydroxylation is 14. The van der Waals surface area contributed by atoms with Gasteiger partial charge in [0.25, 0.3) is 0 Å². The van der Waals surface area contributed by atoms with Crippen molar-refractivity contribution in [2.75, 3.05) is 27.2 Å². The van der Waals surface area contributed by atoms with Crippen LogP contribution in [-0.4, -0.2) is 56.3 Å². The molecule has 6 nitrogen and oxygen atoms in total. The third-order valence-electron chi connectivity index (χ3n) is 18.2. The molecule has 0 saturated carbocycles. The van der Waals surface area contributed by atoms with Gasteiger partial charge < -0.3 is 29.1 Å². The van der Waals surface area contributed by atoms with Gasteiger partial charge in [-0.2, -0.15) is 0 Å². The fraction of sp³-hybridized carbons (Fsp3) is 0.250. The molecule has 434 valence electrons. The first kappa shape index (κ1) is 57.7. The zero-order valence-corrected chi connectivity index (χ0v) is 53.4. The van der Waals surface area contributed by atoms with E-state index in [1.807, 2.05) is 0 Å². The molecule has 0 unspecified atom stereocenters. The van der Waals surface area contributed by atoms with Gasteiger partial charge in [0.2, 0.25) is 0 Å². The minimum Gasteiger partial charge on any atom is -0.505 e. The predicted octanol–water partition coefficient (Wildman–Crippen LogP) is 19.8. The number of nitrogens with zero attached hydrogens (tertiary/aromatic N) is 4. The Bertz CT molecular complexity index is 4130. The van der Waals surface area contributed by atoms with Crippen molar-refractivity contribution in [2.45, 2.75) is 110 Å². The van der Waals surface area contributed by atoms with E-state index in [4.69, 9.17) is 0 Å². The summed E-state index contributed by atoms with van der Waals surface area (Å²) in [5.74, 6) is 0.572. The second kappa shape index (κ2) is 22.3. The van der Waals surface area contributed by atoms with Crippen molar-refractivity contribution >= 4 is 43.6 Å². The highest BCUT2D eigenvalue weighted by atomic mass is 16.3. The molecule has 0 aliphatic rings. The number of aromatic nitrogens is 2. The summed E-state index contributed by atoms with van der Waals surface area (Å²) in [7, 11) is 4.26. The quantitative estimate of drug-likeness (QED) is 0.121. The molecule has 0 amide bonds. The second-order valence-corrected chi connectivity index (χ2v) is 25.8. The Morgan fingerprint density at radius 1 is 0.291 bits per heavy atom. The molecule has 0 aliphatic carbocycles. The van der Waals surface area contributed by atoms with Gasteiger partial charge in [-0.3, -0.25) is 0 Å². The van der Waals surface area contributed by atoms with Gasteiger partial charge in [-0.15, -0.1) is 0 Å². The van der Waals surface area contributed by atoms with Crippen molar-refractivity contribution in [3.05, 3.63) is 235 Å². The van der Waals surface area contributed by atoms with E-state index >= 15 is 0 Å². The summed E-state index contributed by atoms with van der Waals surface area (Å²) < 4.78 is 4.55. The van der Waals surface area contributed by atoms with Crippen molar-refractivity contribution in [3.8, 4) is 67.4 Å². The minimum atomic E-state index is 0.286. The van der Waals surface area contributed by atoms with Crippen LogP contribution in [0.1, 0.15) is 89.0 Å². The van der Waals surface area contributed by atoms with Crippen LogP contribution < -0.4 is 0 Å². The van der Waals surface area contributed by atoms with E-state index in [0.717, 1.165) is 90.3 Å². The van der Waals surface area contributed by atoms with Crippen molar-refractivity contribution < 1.29 is 10.2 Å². The number of benzene rings is 10. The van der Waals surface area contributed by atoms with Crippen LogP contribution in [0.25, 0.3) is 99.5 Å². The number of rotatable bonds is 13. The monoisotopic (exact) mass is 1130 g/mol. The van der Waals surface area contributed by atoms with Crippen LogP contribution in [0, 0.1) is 96.9 Å². The van der Waals surface area contributed by atoms with Gasteiger partial charge in [0.1, 0.15) is 11.5 Å². The average molecular weight is 1130 g/mol. The Morgan fingerprint density at radius 3 is 0.744 bits per heavy atom. The molecule has 10 aromatic carbocycles. The van der Waals surface area contributed by atoms with Gasteiger partial charge in [-0.1, -0.05) is 107 Å². The molecule has 6 heteroatoms. The van der Waals surface area contributed by atoms with E-state index in [9.17, 15) is 10.2 Å². The van der Waals surface area contributed by atoms with Gasteiger partial charge in [-0.25, -0.2) is 0 Å². The number of phenolic OH excluding ortho intramolecular Hbond substituents is 2. The third kappa shape index (κ3) is 10.4. The third-order valence-corrected chi connectivity index (χ3v) is 18.2. The molecule has 0 radical (unpaired) electrons. The molecule has 86 heavy (non-hydrogen) atoms. The Balaban J connectivity index is 0.854. The highest BCUT2D eigenvalue weighted by molar-refractivity contribution is 6.13. The van der Waals surface area contributed by atoms with Crippen LogP contribution in [0.15, 0.2) is 146 Å². The van der Waals surface area contributed by atoms with Crippen LogP contribution in [0.2, 0.25) is 0 Å². The first-order chi connectivity index (χ1) is 41.0. The van der Waals surface area contributed by atoms with Crippen molar-refractivity contribution in [3.63, 3.8) is 0 Å². The molecule has 0 atom stereocenters. The molecule has 0 fully saturated rings. The van der Waals surface area contributed by atoms with Crippen LogP contribution in [-0.2, 0) is 13.1 Å². The molecule has 12 aromatic rings. The molecule has 0 spiro atoms. The average Bonchev–Trinajstić information content (AvgIpc) is 1.65. The second-order valence-electron chi connectivity index (χ2n) is 25.8. The SMILES string of the molecule is Cc1cc(C)c(-c2ccc3c(c2)c2cc(-c4c(C)cc(C)cc4C)ccc2n3-c2cc(C)cc(CN(C)CCN(C)Cc3cc(C)cc(-n4c5ccc(-c6c(C)cc(C)cc6C)cc5c5cc(-c6c(C)cc(C)cc6C)ccc54)c3O)c2O)c(C)c1. The normalized spacial score (nSPS) is 12.0. The summed E-state index contributed by atoms with van der Waals surface area (Å²) in [6.07, 6.45) is 0. The van der Waals surface area contributed by atoms with Gasteiger partial charge in [-0.05, 0) is 272 Å². The van der Waals surface area contributed by atoms with Crippen LogP contribution in [0.4, 0.5) is 0 Å². The predicted molar refractivity (Wildman–Crippen MR) is 366 cm³/mol. The Morgan fingerprint density at radius 2 is 0.512 bits per heavy atom. The van der Waals surface area contributed by atoms with Crippen molar-refractivity contribution in [1.29, 1.82) is 0 Å². The largest absolute Gasteiger partial charge is 0.505 e. The fourth-order valence-electron chi connectivity index (χ4n) is 15.1. The standard InChI is InChI=1S/C80H82N4O2/c1-45-27-51(7)75(52(8)28-45)59-17-21-69-65(39-59)66-40-60(76-53(9)29-46(2)30-54(76)10)18-22-70(66)83(69)73-37-49(5)35-63(79(73)85)43-81(15)25-26-82(16)44-64-36-50(6)38-74(80(64)86)84-71-23-19-61(77-55(11)31-47(3)32-56(77)12)41-67(71)68-42-62(20-24-72(68)84)78-57(13)33-48(4)34-58(78)14/h17-24,27-42,85-86H,25-26,43-44H2,1-16H3. The first-order valence-corrected chi connectivity index (χ1v) is 30.5. The number of hydrogen-bond donors (Lipinski definition) is 2. The smallest absolute Gasteiger partial charge is 0.144 e. The summed E-state index contributed by atoms with van der Waals surface area (Å²) in [6.45, 7) is 33.3. The molecule has 2 heterocycles. The number of aromatic hydroxyl groups is 2. The Labute approximate surface area is 509 Å². The molecule has 0 saturated heterocycles. The first-order valence-electron chi connectivity index (χ1n) is 30.5. The number of likely N-dealkylation sites (N-methyl/N-ethyl adjacent to an activating group) is 2. The van der Waals surface area contributed by atoms with E-state index < -0.39 is 0 Å². The molecule has 2 N–H and O–H groups in total. The van der Waals surface area contributed by atoms with E-state index in [1.54, 1.807) is 0 Å². The lowest BCUT2D eigenvalue weighted by molar-refractivity contribution is 0.243. The molecule has 0 bridgehead atoms. The van der Waals surface area contributed by atoms with Crippen molar-refractivity contribution in [2.24, 2.45) is 0 Å². The summed E-state index contributed by atoms with van der Waals surface area (Å²) in [6, 6.07) is 54.2. The maximum atomic E-state index is 12.6. The Kier molecular flexibility index (Phi) is 15.0. The molecular formula is C80H82N4O2. The summed E-state index contributed by atoms with van der Waals surface area (Å²) >= 11 is 0. The lowest BCUT2D eigenvalue weighted by atomic mass is 9.91. The lowest BCUT2D eigenvalue weighted by Gasteiger charge is -2.24. The fourth-order valence-corrected chi connectivity index (χ4v) is 15.1. The maximum absolute atomic E-state index is 12.6. The van der Waals surface area contributed by atoms with Gasteiger partial charge in [0, 0.05) is 58.9 Å². The van der Waals surface area contributed by atoms with E-state index in [1.165, 1.54) is 111 Å². The number of fused-ring (bicyclic) bond motifs is 6. The lowest BCUT2D eigenvalue weighted by Crippen LogP contribution is -2.30. The molecular weight excluding hydrogens is 1050 g/mol. The highest BCUT2D eigenvalue weighted by Crippen LogP contribution is 2.45. The zero-order valence-electron chi connectivity index (χ0n) is 53.4. The van der Waals surface area contributed by atoms with Crippen LogP contribution >= 0.6 is 0 Å². The van der Waals surface area contributed by atoms with Crippen LogP contribution in [0.5, 0.6) is 11.5 Å². The van der Waals surface area contributed by atoms with Gasteiger partial charge in [0.15, 0.2) is 0 Å². The summed E-state index contributed by atoms with van der Waals surface area (Å²) in [5, 5.41) is 29.8. The topological polar surface area (TPSA) is 56.8 Å². The van der Waals surface area contributed by atoms with Crippen LogP contribution in [0.3, 0.4) is 0 Å². The van der Waals surface area contributed by atoms with E-state index in [-0.39, 0.29) is 11.5 Å². The number of phenols is 2. The highest BCUT2D eigenvalue weighted by Gasteiger charge is 2.24. The maximum Gasteiger partial charge on any atom is 0.144 e. The zero-order chi connectivity index (χ0) is 60.9.